The van der Waals surface area contributed by atoms with Gasteiger partial charge >= 0.3 is 12.1 Å². The van der Waals surface area contributed by atoms with Crippen LogP contribution in [0.4, 0.5) is 4.79 Å². The number of ether oxygens (including phenoxy) is 4. The van der Waals surface area contributed by atoms with E-state index in [2.05, 4.69) is 11.9 Å². The summed E-state index contributed by atoms with van der Waals surface area (Å²) in [5, 5.41) is 5.75. The Hall–Kier alpha value is -3.58. The minimum absolute atomic E-state index is 0.0224. The van der Waals surface area contributed by atoms with E-state index in [9.17, 15) is 9.59 Å². The molecule has 1 N–H and O–H groups in total. The number of methoxy groups -OCH3 is 1. The van der Waals surface area contributed by atoms with Gasteiger partial charge in [0.15, 0.2) is 0 Å². The number of esters is 1. The highest BCUT2D eigenvalue weighted by molar-refractivity contribution is 6.11. The van der Waals surface area contributed by atoms with Crippen molar-refractivity contribution in [3.63, 3.8) is 0 Å². The van der Waals surface area contributed by atoms with Gasteiger partial charge in [-0.25, -0.2) is 9.59 Å². The molecular formula is C24H25NO6. The van der Waals surface area contributed by atoms with Gasteiger partial charge in [0, 0.05) is 34.2 Å². The maximum atomic E-state index is 12.4. The Bertz CT molecular complexity index is 1050. The zero-order chi connectivity index (χ0) is 22.2. The van der Waals surface area contributed by atoms with Crippen LogP contribution in [0.1, 0.15) is 6.92 Å². The molecule has 0 aliphatic carbocycles. The van der Waals surface area contributed by atoms with E-state index >= 15 is 0 Å². The number of rotatable bonds is 9. The maximum absolute atomic E-state index is 12.4. The van der Waals surface area contributed by atoms with Gasteiger partial charge in [0.1, 0.15) is 24.7 Å². The van der Waals surface area contributed by atoms with Crippen LogP contribution >= 0.6 is 0 Å². The van der Waals surface area contributed by atoms with Crippen molar-refractivity contribution >= 4 is 33.6 Å². The third-order valence-electron chi connectivity index (χ3n) is 4.51. The first-order valence-corrected chi connectivity index (χ1v) is 9.86. The molecule has 0 spiro atoms. The summed E-state index contributed by atoms with van der Waals surface area (Å²) in [5.41, 5.74) is 0.299. The molecule has 162 valence electrons. The quantitative estimate of drug-likeness (QED) is 0.240. The van der Waals surface area contributed by atoms with Crippen LogP contribution in [0.25, 0.3) is 21.5 Å². The second-order valence-electron chi connectivity index (χ2n) is 6.82. The third-order valence-corrected chi connectivity index (χ3v) is 4.51. The normalized spacial score (nSPS) is 10.6. The zero-order valence-electron chi connectivity index (χ0n) is 17.6. The van der Waals surface area contributed by atoms with E-state index in [0.717, 1.165) is 21.5 Å². The van der Waals surface area contributed by atoms with Gasteiger partial charge in [-0.3, -0.25) is 0 Å². The number of nitrogens with one attached hydrogen (secondary N) is 1. The van der Waals surface area contributed by atoms with Gasteiger partial charge in [-0.1, -0.05) is 55.1 Å². The van der Waals surface area contributed by atoms with Crippen molar-refractivity contribution in [2.24, 2.45) is 0 Å². The van der Waals surface area contributed by atoms with E-state index in [1.165, 1.54) is 0 Å². The summed E-state index contributed by atoms with van der Waals surface area (Å²) >= 11 is 0. The summed E-state index contributed by atoms with van der Waals surface area (Å²) < 4.78 is 21.8. The molecule has 0 radical (unpaired) electrons. The Kier molecular flexibility index (Phi) is 7.45. The predicted molar refractivity (Wildman–Crippen MR) is 119 cm³/mol. The van der Waals surface area contributed by atoms with E-state index in [0.29, 0.717) is 30.3 Å². The van der Waals surface area contributed by atoms with Crippen LogP contribution in [-0.4, -0.2) is 45.5 Å². The molecule has 0 fully saturated rings. The van der Waals surface area contributed by atoms with Gasteiger partial charge in [-0.05, 0) is 6.92 Å². The third kappa shape index (κ3) is 5.32. The topological polar surface area (TPSA) is 83.1 Å². The molecule has 3 aromatic rings. The molecule has 0 aliphatic rings. The predicted octanol–water partition coefficient (Wildman–Crippen LogP) is 4.23. The average molecular weight is 423 g/mol. The summed E-state index contributed by atoms with van der Waals surface area (Å²) in [6.07, 6.45) is -0.644. The lowest BCUT2D eigenvalue weighted by atomic mass is 10.0. The number of fused-ring (bicyclic) bond motifs is 2. The molecule has 7 heteroatoms. The lowest BCUT2D eigenvalue weighted by Gasteiger charge is -2.17. The number of carbonyl (C=O) groups is 2. The van der Waals surface area contributed by atoms with Crippen LogP contribution in [0.5, 0.6) is 11.5 Å². The zero-order valence-corrected chi connectivity index (χ0v) is 17.6. The number of carbonyl (C=O) groups excluding carboxylic acids is 2. The lowest BCUT2D eigenvalue weighted by molar-refractivity contribution is -0.138. The van der Waals surface area contributed by atoms with Crippen LogP contribution in [0.15, 0.2) is 60.7 Å². The Morgan fingerprint density at radius 2 is 1.42 bits per heavy atom. The van der Waals surface area contributed by atoms with Gasteiger partial charge in [0.25, 0.3) is 0 Å². The minimum Gasteiger partial charge on any atom is -0.490 e. The van der Waals surface area contributed by atoms with Crippen molar-refractivity contribution in [1.82, 2.24) is 5.32 Å². The lowest BCUT2D eigenvalue weighted by Crippen LogP contribution is -2.30. The Balaban J connectivity index is 1.86. The molecule has 3 rings (SSSR count). The van der Waals surface area contributed by atoms with Crippen molar-refractivity contribution in [2.45, 2.75) is 6.92 Å². The van der Waals surface area contributed by atoms with Crippen molar-refractivity contribution in [1.29, 1.82) is 0 Å². The average Bonchev–Trinajstić information content (AvgIpc) is 2.78. The second-order valence-corrected chi connectivity index (χ2v) is 6.82. The van der Waals surface area contributed by atoms with Crippen molar-refractivity contribution < 1.29 is 28.5 Å². The fourth-order valence-corrected chi connectivity index (χ4v) is 3.09. The van der Waals surface area contributed by atoms with Gasteiger partial charge in [-0.2, -0.15) is 0 Å². The van der Waals surface area contributed by atoms with E-state index in [-0.39, 0.29) is 13.2 Å². The first-order valence-electron chi connectivity index (χ1n) is 9.86. The summed E-state index contributed by atoms with van der Waals surface area (Å²) in [5.74, 6) is 0.639. The fourth-order valence-electron chi connectivity index (χ4n) is 3.09. The molecule has 0 saturated carbocycles. The first-order chi connectivity index (χ1) is 15.0. The van der Waals surface area contributed by atoms with Crippen molar-refractivity contribution in [3.05, 3.63) is 60.7 Å². The summed E-state index contributed by atoms with van der Waals surface area (Å²) in [6, 6.07) is 15.2. The Morgan fingerprint density at radius 1 is 0.871 bits per heavy atom. The highest BCUT2D eigenvalue weighted by Crippen LogP contribution is 2.42. The molecule has 3 aromatic carbocycles. The van der Waals surface area contributed by atoms with Gasteiger partial charge < -0.3 is 24.3 Å². The summed E-state index contributed by atoms with van der Waals surface area (Å²) in [4.78, 5) is 23.8. The summed E-state index contributed by atoms with van der Waals surface area (Å²) in [7, 11) is 1.62. The Morgan fingerprint density at radius 3 is 1.94 bits per heavy atom. The second kappa shape index (κ2) is 10.4. The SMILES string of the molecule is C=C(C)C(=O)OCCNC(=O)Oc1c2ccccc2c(OCCOC)c2ccccc12. The highest BCUT2D eigenvalue weighted by Gasteiger charge is 2.18. The number of benzene rings is 3. The molecule has 1 amide bonds. The molecular weight excluding hydrogens is 398 g/mol. The highest BCUT2D eigenvalue weighted by atomic mass is 16.6. The van der Waals surface area contributed by atoms with Gasteiger partial charge in [-0.15, -0.1) is 0 Å². The van der Waals surface area contributed by atoms with Crippen LogP contribution < -0.4 is 14.8 Å². The van der Waals surface area contributed by atoms with Gasteiger partial charge in [0.2, 0.25) is 0 Å². The van der Waals surface area contributed by atoms with Crippen LogP contribution in [-0.2, 0) is 14.3 Å². The molecule has 0 atom stereocenters. The molecule has 0 aromatic heterocycles. The van der Waals surface area contributed by atoms with E-state index in [1.807, 2.05) is 48.5 Å². The van der Waals surface area contributed by atoms with Crippen LogP contribution in [0.3, 0.4) is 0 Å². The molecule has 0 saturated heterocycles. The Labute approximate surface area is 180 Å². The monoisotopic (exact) mass is 423 g/mol. The van der Waals surface area contributed by atoms with Crippen LogP contribution in [0.2, 0.25) is 0 Å². The summed E-state index contributed by atoms with van der Waals surface area (Å²) in [6.45, 7) is 6.06. The number of hydrogen-bond donors (Lipinski definition) is 1. The van der Waals surface area contributed by atoms with Gasteiger partial charge in [0.05, 0.1) is 13.2 Å². The van der Waals surface area contributed by atoms with E-state index in [1.54, 1.807) is 14.0 Å². The molecule has 0 heterocycles. The molecule has 0 aliphatic heterocycles. The standard InChI is InChI=1S/C24H25NO6/c1-16(2)23(26)30-13-12-25-24(27)31-22-19-10-6-4-8-17(19)21(29-15-14-28-3)18-9-5-7-11-20(18)22/h4-11H,1,12-15H2,2-3H3,(H,25,27). The number of hydrogen-bond acceptors (Lipinski definition) is 6. The molecule has 0 unspecified atom stereocenters. The minimum atomic E-state index is -0.644. The maximum Gasteiger partial charge on any atom is 0.412 e. The fraction of sp³-hybridized carbons (Fsp3) is 0.250. The van der Waals surface area contributed by atoms with E-state index in [4.69, 9.17) is 18.9 Å². The van der Waals surface area contributed by atoms with Crippen molar-refractivity contribution in [3.8, 4) is 11.5 Å². The van der Waals surface area contributed by atoms with Crippen LogP contribution in [0, 0.1) is 0 Å². The van der Waals surface area contributed by atoms with E-state index < -0.39 is 12.1 Å². The first kappa shape index (κ1) is 22.1. The van der Waals surface area contributed by atoms with Crippen molar-refractivity contribution in [2.75, 3.05) is 33.5 Å². The number of amides is 1. The molecule has 7 nitrogen and oxygen atoms in total. The largest absolute Gasteiger partial charge is 0.490 e. The molecule has 31 heavy (non-hydrogen) atoms. The smallest absolute Gasteiger partial charge is 0.412 e. The molecule has 0 bridgehead atoms.